The van der Waals surface area contributed by atoms with Crippen molar-refractivity contribution in [2.45, 2.75) is 19.9 Å². The maximum atomic E-state index is 5.67. The molecule has 1 unspecified atom stereocenters. The third-order valence-electron chi connectivity index (χ3n) is 1.67. The molecule has 0 saturated carbocycles. The standard InChI is InChI=1S/C8H18N2/c1-4-8(9)7-10(5-2)6-3/h4,8H,1,5-7,9H2,2-3H3. The minimum atomic E-state index is 0.125. The van der Waals surface area contributed by atoms with Gasteiger partial charge in [-0.2, -0.15) is 0 Å². The van der Waals surface area contributed by atoms with E-state index in [2.05, 4.69) is 25.3 Å². The highest BCUT2D eigenvalue weighted by molar-refractivity contribution is 4.84. The van der Waals surface area contributed by atoms with Gasteiger partial charge in [0.25, 0.3) is 0 Å². The van der Waals surface area contributed by atoms with Crippen LogP contribution in [0.2, 0.25) is 0 Å². The molecule has 10 heavy (non-hydrogen) atoms. The summed E-state index contributed by atoms with van der Waals surface area (Å²) >= 11 is 0. The van der Waals surface area contributed by atoms with E-state index in [-0.39, 0.29) is 6.04 Å². The first-order valence-corrected chi connectivity index (χ1v) is 3.85. The monoisotopic (exact) mass is 142 g/mol. The van der Waals surface area contributed by atoms with Crippen LogP contribution in [0, 0.1) is 0 Å². The summed E-state index contributed by atoms with van der Waals surface area (Å²) in [6.07, 6.45) is 1.79. The number of hydrogen-bond donors (Lipinski definition) is 1. The van der Waals surface area contributed by atoms with Crippen LogP contribution in [0.1, 0.15) is 13.8 Å². The summed E-state index contributed by atoms with van der Waals surface area (Å²) in [5, 5.41) is 0. The molecule has 0 saturated heterocycles. The summed E-state index contributed by atoms with van der Waals surface area (Å²) in [7, 11) is 0. The van der Waals surface area contributed by atoms with E-state index in [1.165, 1.54) is 0 Å². The van der Waals surface area contributed by atoms with Gasteiger partial charge in [0.2, 0.25) is 0 Å². The Morgan fingerprint density at radius 2 is 2.00 bits per heavy atom. The number of nitrogens with zero attached hydrogens (tertiary/aromatic N) is 1. The van der Waals surface area contributed by atoms with E-state index >= 15 is 0 Å². The lowest BCUT2D eigenvalue weighted by Gasteiger charge is -2.20. The lowest BCUT2D eigenvalue weighted by atomic mass is 10.3. The van der Waals surface area contributed by atoms with E-state index in [1.54, 1.807) is 6.08 Å². The SMILES string of the molecule is C=CC(N)CN(CC)CC. The minimum Gasteiger partial charge on any atom is -0.323 e. The van der Waals surface area contributed by atoms with Crippen LogP contribution in [0.4, 0.5) is 0 Å². The summed E-state index contributed by atoms with van der Waals surface area (Å²) in [4.78, 5) is 2.28. The minimum absolute atomic E-state index is 0.125. The van der Waals surface area contributed by atoms with Crippen molar-refractivity contribution in [3.05, 3.63) is 12.7 Å². The Hall–Kier alpha value is -0.340. The van der Waals surface area contributed by atoms with Crippen molar-refractivity contribution in [1.82, 2.24) is 4.90 Å². The van der Waals surface area contributed by atoms with Crippen molar-refractivity contribution < 1.29 is 0 Å². The van der Waals surface area contributed by atoms with Gasteiger partial charge in [-0.3, -0.25) is 0 Å². The predicted molar refractivity (Wildman–Crippen MR) is 46.0 cm³/mol. The summed E-state index contributed by atoms with van der Waals surface area (Å²) in [6.45, 7) is 11.0. The molecule has 0 aliphatic heterocycles. The van der Waals surface area contributed by atoms with Gasteiger partial charge in [0.15, 0.2) is 0 Å². The molecule has 0 aromatic heterocycles. The molecule has 2 heteroatoms. The van der Waals surface area contributed by atoms with Crippen molar-refractivity contribution in [2.75, 3.05) is 19.6 Å². The molecule has 0 heterocycles. The molecule has 2 nitrogen and oxygen atoms in total. The highest BCUT2D eigenvalue weighted by Gasteiger charge is 2.01. The zero-order valence-corrected chi connectivity index (χ0v) is 7.01. The molecule has 0 amide bonds. The maximum absolute atomic E-state index is 5.67. The van der Waals surface area contributed by atoms with Crippen LogP contribution in [0.25, 0.3) is 0 Å². The van der Waals surface area contributed by atoms with Crippen LogP contribution in [0.3, 0.4) is 0 Å². The molecule has 0 fully saturated rings. The molecule has 0 bridgehead atoms. The van der Waals surface area contributed by atoms with Gasteiger partial charge >= 0.3 is 0 Å². The second-order valence-electron chi connectivity index (χ2n) is 2.39. The first-order chi connectivity index (χ1) is 4.74. The third-order valence-corrected chi connectivity index (χ3v) is 1.67. The van der Waals surface area contributed by atoms with E-state index < -0.39 is 0 Å². The van der Waals surface area contributed by atoms with E-state index in [0.717, 1.165) is 19.6 Å². The van der Waals surface area contributed by atoms with Gasteiger partial charge < -0.3 is 10.6 Å². The molecular weight excluding hydrogens is 124 g/mol. The topological polar surface area (TPSA) is 29.3 Å². The first-order valence-electron chi connectivity index (χ1n) is 3.85. The fourth-order valence-corrected chi connectivity index (χ4v) is 0.854. The van der Waals surface area contributed by atoms with Crippen LogP contribution < -0.4 is 5.73 Å². The molecule has 0 spiro atoms. The van der Waals surface area contributed by atoms with E-state index in [1.807, 2.05) is 0 Å². The molecule has 0 aromatic rings. The molecule has 2 N–H and O–H groups in total. The number of nitrogens with two attached hydrogens (primary N) is 1. The fraction of sp³-hybridized carbons (Fsp3) is 0.750. The summed E-state index contributed by atoms with van der Waals surface area (Å²) in [5.41, 5.74) is 5.67. The summed E-state index contributed by atoms with van der Waals surface area (Å²) < 4.78 is 0. The second kappa shape index (κ2) is 5.45. The average molecular weight is 142 g/mol. The second-order valence-corrected chi connectivity index (χ2v) is 2.39. The zero-order chi connectivity index (χ0) is 7.98. The van der Waals surface area contributed by atoms with Gasteiger partial charge in [-0.25, -0.2) is 0 Å². The molecule has 0 aromatic carbocycles. The lowest BCUT2D eigenvalue weighted by molar-refractivity contribution is 0.297. The summed E-state index contributed by atoms with van der Waals surface area (Å²) in [5.74, 6) is 0. The highest BCUT2D eigenvalue weighted by atomic mass is 15.1. The molecule has 0 aliphatic rings. The van der Waals surface area contributed by atoms with Crippen LogP contribution >= 0.6 is 0 Å². The van der Waals surface area contributed by atoms with Gasteiger partial charge in [-0.05, 0) is 13.1 Å². The van der Waals surface area contributed by atoms with Gasteiger partial charge in [0, 0.05) is 12.6 Å². The maximum Gasteiger partial charge on any atom is 0.0350 e. The van der Waals surface area contributed by atoms with E-state index in [0.29, 0.717) is 0 Å². The van der Waals surface area contributed by atoms with Crippen molar-refractivity contribution in [1.29, 1.82) is 0 Å². The average Bonchev–Trinajstić information content (AvgIpc) is 1.99. The third kappa shape index (κ3) is 3.64. The van der Waals surface area contributed by atoms with Crippen molar-refractivity contribution in [2.24, 2.45) is 5.73 Å². The van der Waals surface area contributed by atoms with Crippen LogP contribution in [0.5, 0.6) is 0 Å². The molecule has 0 rings (SSSR count). The quantitative estimate of drug-likeness (QED) is 0.576. The molecular formula is C8H18N2. The van der Waals surface area contributed by atoms with E-state index in [4.69, 9.17) is 5.73 Å². The Labute approximate surface area is 63.7 Å². The van der Waals surface area contributed by atoms with Gasteiger partial charge in [0.1, 0.15) is 0 Å². The Kier molecular flexibility index (Phi) is 5.26. The smallest absolute Gasteiger partial charge is 0.0350 e. The van der Waals surface area contributed by atoms with E-state index in [9.17, 15) is 0 Å². The van der Waals surface area contributed by atoms with Crippen LogP contribution in [-0.2, 0) is 0 Å². The van der Waals surface area contributed by atoms with Crippen molar-refractivity contribution >= 4 is 0 Å². The predicted octanol–water partition coefficient (Wildman–Crippen LogP) is 0.841. The highest BCUT2D eigenvalue weighted by Crippen LogP contribution is 1.89. The van der Waals surface area contributed by atoms with Gasteiger partial charge in [0.05, 0.1) is 0 Å². The molecule has 60 valence electrons. The summed E-state index contributed by atoms with van der Waals surface area (Å²) in [6, 6.07) is 0.125. The van der Waals surface area contributed by atoms with Crippen molar-refractivity contribution in [3.8, 4) is 0 Å². The Bertz CT molecular complexity index is 87.3. The largest absolute Gasteiger partial charge is 0.323 e. The molecule has 0 aliphatic carbocycles. The molecule has 1 atom stereocenters. The lowest BCUT2D eigenvalue weighted by Crippen LogP contribution is -2.35. The van der Waals surface area contributed by atoms with Crippen LogP contribution in [0.15, 0.2) is 12.7 Å². The Morgan fingerprint density at radius 3 is 2.30 bits per heavy atom. The normalized spacial score (nSPS) is 13.6. The number of rotatable bonds is 5. The zero-order valence-electron chi connectivity index (χ0n) is 7.01. The number of hydrogen-bond acceptors (Lipinski definition) is 2. The fourth-order valence-electron chi connectivity index (χ4n) is 0.854. The first kappa shape index (κ1) is 9.66. The Balaban J connectivity index is 3.51. The number of likely N-dealkylation sites (N-methyl/N-ethyl adjacent to an activating group) is 1. The van der Waals surface area contributed by atoms with Crippen molar-refractivity contribution in [3.63, 3.8) is 0 Å². The van der Waals surface area contributed by atoms with Gasteiger partial charge in [-0.15, -0.1) is 6.58 Å². The van der Waals surface area contributed by atoms with Crippen LogP contribution in [-0.4, -0.2) is 30.6 Å². The Morgan fingerprint density at radius 1 is 1.50 bits per heavy atom. The molecule has 0 radical (unpaired) electrons. The van der Waals surface area contributed by atoms with Gasteiger partial charge in [-0.1, -0.05) is 19.9 Å².